The van der Waals surface area contributed by atoms with E-state index in [2.05, 4.69) is 44.8 Å². The van der Waals surface area contributed by atoms with Crippen molar-refractivity contribution in [3.63, 3.8) is 0 Å². The van der Waals surface area contributed by atoms with Gasteiger partial charge >= 0.3 is 0 Å². The first-order valence-electron chi connectivity index (χ1n) is 9.37. The molecular formula is C21H20ClN5S. The molecule has 5 nitrogen and oxygen atoms in total. The monoisotopic (exact) mass is 409 g/mol. The first-order valence-corrected chi connectivity index (χ1v) is 10.6. The molecule has 28 heavy (non-hydrogen) atoms. The van der Waals surface area contributed by atoms with Crippen LogP contribution in [0.3, 0.4) is 0 Å². The molecule has 7 heteroatoms. The fourth-order valence-electron chi connectivity index (χ4n) is 3.30. The van der Waals surface area contributed by atoms with Crippen LogP contribution in [-0.4, -0.2) is 19.2 Å². The van der Waals surface area contributed by atoms with E-state index in [0.29, 0.717) is 6.54 Å². The molecule has 0 atom stereocenters. The summed E-state index contributed by atoms with van der Waals surface area (Å²) < 4.78 is 7.41. The molecule has 1 saturated carbocycles. The second kappa shape index (κ2) is 7.62. The maximum atomic E-state index is 6.02. The van der Waals surface area contributed by atoms with Gasteiger partial charge in [-0.1, -0.05) is 29.8 Å². The van der Waals surface area contributed by atoms with E-state index >= 15 is 0 Å². The van der Waals surface area contributed by atoms with Crippen molar-refractivity contribution in [2.24, 2.45) is 0 Å². The molecule has 0 unspecified atom stereocenters. The summed E-state index contributed by atoms with van der Waals surface area (Å²) in [7, 11) is 0. The molecule has 1 aromatic carbocycles. The Morgan fingerprint density at radius 2 is 2.07 bits per heavy atom. The third-order valence-corrected chi connectivity index (χ3v) is 5.83. The van der Waals surface area contributed by atoms with Crippen molar-refractivity contribution in [3.8, 4) is 0 Å². The number of fused-ring (bicyclic) bond motifs is 1. The van der Waals surface area contributed by atoms with Crippen LogP contribution in [0.25, 0.3) is 5.65 Å². The summed E-state index contributed by atoms with van der Waals surface area (Å²) in [6, 6.07) is 12.2. The van der Waals surface area contributed by atoms with Crippen molar-refractivity contribution in [2.75, 3.05) is 0 Å². The van der Waals surface area contributed by atoms with Gasteiger partial charge in [-0.15, -0.1) is 0 Å². The molecule has 0 spiro atoms. The van der Waals surface area contributed by atoms with Gasteiger partial charge in [0, 0.05) is 30.2 Å². The zero-order valence-corrected chi connectivity index (χ0v) is 16.8. The molecule has 1 fully saturated rings. The first-order chi connectivity index (χ1) is 13.7. The number of hydrogen-bond donors (Lipinski definition) is 1. The van der Waals surface area contributed by atoms with E-state index in [0.717, 1.165) is 39.3 Å². The third kappa shape index (κ3) is 4.09. The molecule has 0 aliphatic heterocycles. The number of nitrogens with one attached hydrogen (secondary N) is 1. The Labute approximate surface area is 172 Å². The highest BCUT2D eigenvalue weighted by atomic mass is 35.5. The highest BCUT2D eigenvalue weighted by molar-refractivity contribution is 7.97. The number of pyridine rings is 1. The van der Waals surface area contributed by atoms with Crippen LogP contribution in [0.2, 0.25) is 5.02 Å². The number of halogens is 1. The Kier molecular flexibility index (Phi) is 4.84. The predicted octanol–water partition coefficient (Wildman–Crippen LogP) is 4.91. The molecule has 142 valence electrons. The maximum Gasteiger partial charge on any atom is 0.137 e. The second-order valence-corrected chi connectivity index (χ2v) is 8.56. The average molecular weight is 410 g/mol. The molecule has 3 heterocycles. The van der Waals surface area contributed by atoms with Crippen LogP contribution in [0, 0.1) is 0 Å². The van der Waals surface area contributed by atoms with Gasteiger partial charge in [0.2, 0.25) is 0 Å². The topological polar surface area (TPSA) is 47.2 Å². The molecule has 0 bridgehead atoms. The lowest BCUT2D eigenvalue weighted by Gasteiger charge is -2.02. The molecule has 1 N–H and O–H groups in total. The summed E-state index contributed by atoms with van der Waals surface area (Å²) in [5, 5.41) is 5.22. The summed E-state index contributed by atoms with van der Waals surface area (Å²) in [4.78, 5) is 5.79. The Morgan fingerprint density at radius 3 is 2.93 bits per heavy atom. The number of nitrogens with zero attached hydrogens (tertiary/aromatic N) is 4. The van der Waals surface area contributed by atoms with Crippen LogP contribution in [0.5, 0.6) is 0 Å². The summed E-state index contributed by atoms with van der Waals surface area (Å²) in [5.41, 5.74) is 4.58. The highest BCUT2D eigenvalue weighted by Crippen LogP contribution is 2.39. The van der Waals surface area contributed by atoms with Crippen LogP contribution in [0.4, 0.5) is 0 Å². The van der Waals surface area contributed by atoms with Crippen LogP contribution < -0.4 is 4.72 Å². The van der Waals surface area contributed by atoms with E-state index in [4.69, 9.17) is 16.6 Å². The quantitative estimate of drug-likeness (QED) is 0.441. The van der Waals surface area contributed by atoms with Gasteiger partial charge in [-0.2, -0.15) is 5.10 Å². The minimum absolute atomic E-state index is 0.662. The first kappa shape index (κ1) is 17.8. The van der Waals surface area contributed by atoms with Gasteiger partial charge in [-0.05, 0) is 60.0 Å². The Balaban J connectivity index is 1.20. The fourth-order valence-corrected chi connectivity index (χ4v) is 4.19. The predicted molar refractivity (Wildman–Crippen MR) is 113 cm³/mol. The molecule has 1 aliphatic rings. The van der Waals surface area contributed by atoms with Crippen molar-refractivity contribution < 1.29 is 0 Å². The van der Waals surface area contributed by atoms with E-state index in [1.165, 1.54) is 18.4 Å². The molecular weight excluding hydrogens is 390 g/mol. The van der Waals surface area contributed by atoms with Crippen LogP contribution in [0.1, 0.15) is 35.6 Å². The molecule has 0 radical (unpaired) electrons. The van der Waals surface area contributed by atoms with Gasteiger partial charge in [-0.25, -0.2) is 4.98 Å². The maximum absolute atomic E-state index is 6.02. The van der Waals surface area contributed by atoms with Gasteiger partial charge in [0.25, 0.3) is 0 Å². The Hall–Kier alpha value is -2.28. The average Bonchev–Trinajstić information content (AvgIpc) is 3.32. The van der Waals surface area contributed by atoms with Gasteiger partial charge in [-0.3, -0.25) is 9.40 Å². The minimum atomic E-state index is 0.662. The number of hydrogen-bond acceptors (Lipinski definition) is 4. The third-order valence-electron chi connectivity index (χ3n) is 4.86. The number of rotatable bonds is 7. The second-order valence-electron chi connectivity index (χ2n) is 7.16. The molecule has 0 saturated heterocycles. The normalized spacial score (nSPS) is 14.0. The van der Waals surface area contributed by atoms with Crippen molar-refractivity contribution in [3.05, 3.63) is 83.0 Å². The standard InChI is InChI=1S/C21H20ClN5S/c22-18-3-1-2-15(8-18)9-24-28-20-10-23-27(14-20)13-19-12-26-11-17(16-4-5-16)6-7-21(26)25-19/h1-3,6-8,10-12,14,16,24H,4-5,9,13H2. The lowest BCUT2D eigenvalue weighted by molar-refractivity contribution is 0.675. The van der Waals surface area contributed by atoms with Crippen LogP contribution >= 0.6 is 23.5 Å². The van der Waals surface area contributed by atoms with Gasteiger partial charge in [0.1, 0.15) is 5.65 Å². The number of benzene rings is 1. The summed E-state index contributed by atoms with van der Waals surface area (Å²) in [5.74, 6) is 0.750. The molecule has 5 rings (SSSR count). The fraction of sp³-hybridized carbons (Fsp3) is 0.238. The van der Waals surface area contributed by atoms with Crippen molar-refractivity contribution >= 4 is 29.2 Å². The number of aromatic nitrogens is 4. The smallest absolute Gasteiger partial charge is 0.137 e. The summed E-state index contributed by atoms with van der Waals surface area (Å²) in [6.45, 7) is 1.40. The highest BCUT2D eigenvalue weighted by Gasteiger charge is 2.23. The molecule has 4 aromatic rings. The van der Waals surface area contributed by atoms with Gasteiger partial charge in [0.15, 0.2) is 0 Å². The Morgan fingerprint density at radius 1 is 1.14 bits per heavy atom. The van der Waals surface area contributed by atoms with E-state index < -0.39 is 0 Å². The zero-order valence-electron chi connectivity index (χ0n) is 15.3. The summed E-state index contributed by atoms with van der Waals surface area (Å²) in [6.07, 6.45) is 10.9. The van der Waals surface area contributed by atoms with E-state index in [1.54, 1.807) is 11.9 Å². The van der Waals surface area contributed by atoms with Crippen molar-refractivity contribution in [1.29, 1.82) is 0 Å². The molecule has 3 aromatic heterocycles. The molecule has 0 amide bonds. The van der Waals surface area contributed by atoms with Gasteiger partial charge in [0.05, 0.1) is 23.3 Å². The SMILES string of the molecule is Clc1cccc(CNSc2cnn(Cc3cn4cc(C5CC5)ccc4n3)c2)c1. The Bertz CT molecular complexity index is 1110. The van der Waals surface area contributed by atoms with Crippen LogP contribution in [0.15, 0.2) is 66.1 Å². The summed E-state index contributed by atoms with van der Waals surface area (Å²) >= 11 is 7.59. The van der Waals surface area contributed by atoms with Crippen molar-refractivity contribution in [2.45, 2.75) is 36.7 Å². The number of imidazole rings is 1. The lowest BCUT2D eigenvalue weighted by atomic mass is 10.2. The van der Waals surface area contributed by atoms with E-state index in [-0.39, 0.29) is 0 Å². The van der Waals surface area contributed by atoms with Gasteiger partial charge < -0.3 is 4.40 Å². The van der Waals surface area contributed by atoms with Crippen LogP contribution in [-0.2, 0) is 13.1 Å². The molecule has 1 aliphatic carbocycles. The largest absolute Gasteiger partial charge is 0.306 e. The van der Waals surface area contributed by atoms with Crippen molar-refractivity contribution in [1.82, 2.24) is 23.9 Å². The lowest BCUT2D eigenvalue weighted by Crippen LogP contribution is -2.02. The van der Waals surface area contributed by atoms with E-state index in [1.807, 2.05) is 35.3 Å². The van der Waals surface area contributed by atoms with E-state index in [9.17, 15) is 0 Å². The zero-order chi connectivity index (χ0) is 18.9. The minimum Gasteiger partial charge on any atom is -0.306 e.